The standard InChI is InChI=1S/C12H9F2N3S/c13-8-4-9(14)6-11(5-8)17-12(18)16-10-2-1-3-15-7-10/h1-7H,(H2,16,17,18). The van der Waals surface area contributed by atoms with Crippen LogP contribution in [-0.4, -0.2) is 10.1 Å². The predicted molar refractivity (Wildman–Crippen MR) is 70.4 cm³/mol. The van der Waals surface area contributed by atoms with Crippen LogP contribution in [0.1, 0.15) is 0 Å². The Bertz CT molecular complexity index is 540. The Kier molecular flexibility index (Phi) is 3.78. The summed E-state index contributed by atoms with van der Waals surface area (Å²) in [5.74, 6) is -1.33. The van der Waals surface area contributed by atoms with Crippen LogP contribution in [0.5, 0.6) is 0 Å². The van der Waals surface area contributed by atoms with E-state index in [1.807, 2.05) is 0 Å². The van der Waals surface area contributed by atoms with Gasteiger partial charge >= 0.3 is 0 Å². The first kappa shape index (κ1) is 12.4. The highest BCUT2D eigenvalue weighted by Gasteiger charge is 2.03. The molecule has 0 amide bonds. The highest BCUT2D eigenvalue weighted by molar-refractivity contribution is 7.80. The Hall–Kier alpha value is -2.08. The predicted octanol–water partition coefficient (Wildman–Crippen LogP) is 3.17. The summed E-state index contributed by atoms with van der Waals surface area (Å²) in [5.41, 5.74) is 0.931. The van der Waals surface area contributed by atoms with Crippen LogP contribution in [-0.2, 0) is 0 Å². The quantitative estimate of drug-likeness (QED) is 0.818. The van der Waals surface area contributed by atoms with Gasteiger partial charge in [-0.1, -0.05) is 0 Å². The Morgan fingerprint density at radius 2 is 1.72 bits per heavy atom. The fraction of sp³-hybridized carbons (Fsp3) is 0. The third-order valence-corrected chi connectivity index (χ3v) is 2.24. The number of hydrogen-bond acceptors (Lipinski definition) is 2. The van der Waals surface area contributed by atoms with E-state index in [1.54, 1.807) is 24.5 Å². The highest BCUT2D eigenvalue weighted by atomic mass is 32.1. The average Bonchev–Trinajstić information content (AvgIpc) is 2.28. The number of nitrogens with zero attached hydrogens (tertiary/aromatic N) is 1. The second kappa shape index (κ2) is 5.50. The van der Waals surface area contributed by atoms with Crippen LogP contribution in [0.2, 0.25) is 0 Å². The Morgan fingerprint density at radius 1 is 1.06 bits per heavy atom. The molecule has 2 aromatic rings. The van der Waals surface area contributed by atoms with Gasteiger partial charge in [-0.05, 0) is 36.5 Å². The number of thiocarbonyl (C=S) groups is 1. The van der Waals surface area contributed by atoms with Crippen molar-refractivity contribution in [3.63, 3.8) is 0 Å². The summed E-state index contributed by atoms with van der Waals surface area (Å²) < 4.78 is 25.9. The lowest BCUT2D eigenvalue weighted by Crippen LogP contribution is -2.19. The molecule has 0 saturated carbocycles. The third-order valence-electron chi connectivity index (χ3n) is 2.04. The van der Waals surface area contributed by atoms with E-state index in [-0.39, 0.29) is 10.8 Å². The molecule has 0 radical (unpaired) electrons. The summed E-state index contributed by atoms with van der Waals surface area (Å²) in [5, 5.41) is 5.76. The molecule has 0 aliphatic rings. The molecule has 0 unspecified atom stereocenters. The Morgan fingerprint density at radius 3 is 2.33 bits per heavy atom. The number of halogens is 2. The van der Waals surface area contributed by atoms with Crippen molar-refractivity contribution in [3.05, 3.63) is 54.4 Å². The zero-order valence-corrected chi connectivity index (χ0v) is 9.97. The molecule has 0 saturated heterocycles. The van der Waals surface area contributed by atoms with E-state index in [9.17, 15) is 8.78 Å². The van der Waals surface area contributed by atoms with Crippen molar-refractivity contribution in [1.82, 2.24) is 4.98 Å². The fourth-order valence-corrected chi connectivity index (χ4v) is 1.59. The number of aromatic nitrogens is 1. The third kappa shape index (κ3) is 3.46. The van der Waals surface area contributed by atoms with E-state index in [1.165, 1.54) is 0 Å². The largest absolute Gasteiger partial charge is 0.332 e. The molecule has 6 heteroatoms. The molecule has 0 aliphatic heterocycles. The van der Waals surface area contributed by atoms with Gasteiger partial charge in [0, 0.05) is 18.0 Å². The smallest absolute Gasteiger partial charge is 0.175 e. The van der Waals surface area contributed by atoms with Crippen LogP contribution in [0.15, 0.2) is 42.7 Å². The topological polar surface area (TPSA) is 37.0 Å². The molecule has 0 atom stereocenters. The number of rotatable bonds is 2. The van der Waals surface area contributed by atoms with Crippen LogP contribution in [0.25, 0.3) is 0 Å². The summed E-state index contributed by atoms with van der Waals surface area (Å²) in [6.07, 6.45) is 3.21. The number of benzene rings is 1. The lowest BCUT2D eigenvalue weighted by Gasteiger charge is -2.10. The first-order chi connectivity index (χ1) is 8.63. The minimum Gasteiger partial charge on any atom is -0.332 e. The maximum absolute atomic E-state index is 13.0. The fourth-order valence-electron chi connectivity index (χ4n) is 1.36. The first-order valence-corrected chi connectivity index (χ1v) is 5.48. The van der Waals surface area contributed by atoms with Crippen LogP contribution in [0.4, 0.5) is 20.2 Å². The van der Waals surface area contributed by atoms with Crippen molar-refractivity contribution in [2.24, 2.45) is 0 Å². The highest BCUT2D eigenvalue weighted by Crippen LogP contribution is 2.13. The summed E-state index contributed by atoms with van der Waals surface area (Å²) >= 11 is 5.01. The molecule has 2 N–H and O–H groups in total. The summed E-state index contributed by atoms with van der Waals surface area (Å²) in [6.45, 7) is 0. The molecule has 1 aromatic carbocycles. The maximum atomic E-state index is 13.0. The number of pyridine rings is 1. The maximum Gasteiger partial charge on any atom is 0.175 e. The van der Waals surface area contributed by atoms with Gasteiger partial charge in [-0.3, -0.25) is 4.98 Å². The number of nitrogens with one attached hydrogen (secondary N) is 2. The van der Waals surface area contributed by atoms with Crippen molar-refractivity contribution in [3.8, 4) is 0 Å². The summed E-state index contributed by atoms with van der Waals surface area (Å²) in [6, 6.07) is 6.61. The lowest BCUT2D eigenvalue weighted by molar-refractivity contribution is 0.584. The van der Waals surface area contributed by atoms with Gasteiger partial charge in [0.2, 0.25) is 0 Å². The van der Waals surface area contributed by atoms with Gasteiger partial charge < -0.3 is 10.6 Å². The SMILES string of the molecule is Fc1cc(F)cc(NC(=S)Nc2cccnc2)c1. The van der Waals surface area contributed by atoms with E-state index < -0.39 is 11.6 Å². The van der Waals surface area contributed by atoms with Gasteiger partial charge in [-0.15, -0.1) is 0 Å². The summed E-state index contributed by atoms with van der Waals surface area (Å²) in [7, 11) is 0. The van der Waals surface area contributed by atoms with Gasteiger partial charge in [0.05, 0.1) is 11.9 Å². The molecule has 0 fully saturated rings. The average molecular weight is 265 g/mol. The Labute approximate surface area is 108 Å². The monoisotopic (exact) mass is 265 g/mol. The van der Waals surface area contributed by atoms with Crippen molar-refractivity contribution in [2.75, 3.05) is 10.6 Å². The first-order valence-electron chi connectivity index (χ1n) is 5.07. The normalized spacial score (nSPS) is 9.89. The van der Waals surface area contributed by atoms with Gasteiger partial charge in [-0.2, -0.15) is 0 Å². The van der Waals surface area contributed by atoms with E-state index >= 15 is 0 Å². The lowest BCUT2D eigenvalue weighted by atomic mass is 10.3. The number of anilines is 2. The second-order valence-electron chi connectivity index (χ2n) is 3.48. The van der Waals surface area contributed by atoms with E-state index in [0.29, 0.717) is 5.69 Å². The molecule has 92 valence electrons. The van der Waals surface area contributed by atoms with E-state index in [0.717, 1.165) is 18.2 Å². The molecule has 2 rings (SSSR count). The van der Waals surface area contributed by atoms with E-state index in [4.69, 9.17) is 12.2 Å². The molecule has 18 heavy (non-hydrogen) atoms. The Balaban J connectivity index is 2.03. The molecule has 0 aliphatic carbocycles. The van der Waals surface area contributed by atoms with Gasteiger partial charge in [0.15, 0.2) is 5.11 Å². The molecule has 0 bridgehead atoms. The van der Waals surface area contributed by atoms with Crippen molar-refractivity contribution >= 4 is 28.7 Å². The van der Waals surface area contributed by atoms with Crippen LogP contribution in [0.3, 0.4) is 0 Å². The molecular weight excluding hydrogens is 256 g/mol. The molecule has 1 aromatic heterocycles. The number of hydrogen-bond donors (Lipinski definition) is 2. The zero-order valence-electron chi connectivity index (χ0n) is 9.15. The van der Waals surface area contributed by atoms with Gasteiger partial charge in [-0.25, -0.2) is 8.78 Å². The molecular formula is C12H9F2N3S. The molecule has 3 nitrogen and oxygen atoms in total. The van der Waals surface area contributed by atoms with Crippen molar-refractivity contribution < 1.29 is 8.78 Å². The summed E-state index contributed by atoms with van der Waals surface area (Å²) in [4.78, 5) is 3.90. The minimum absolute atomic E-state index is 0.230. The van der Waals surface area contributed by atoms with Crippen LogP contribution in [0, 0.1) is 11.6 Å². The van der Waals surface area contributed by atoms with Gasteiger partial charge in [0.1, 0.15) is 11.6 Å². The molecule has 1 heterocycles. The minimum atomic E-state index is -0.665. The van der Waals surface area contributed by atoms with Crippen molar-refractivity contribution in [1.29, 1.82) is 0 Å². The van der Waals surface area contributed by atoms with E-state index in [2.05, 4.69) is 15.6 Å². The van der Waals surface area contributed by atoms with Gasteiger partial charge in [0.25, 0.3) is 0 Å². The molecule has 0 spiro atoms. The second-order valence-corrected chi connectivity index (χ2v) is 3.89. The zero-order chi connectivity index (χ0) is 13.0. The van der Waals surface area contributed by atoms with Crippen LogP contribution >= 0.6 is 12.2 Å². The van der Waals surface area contributed by atoms with Crippen LogP contribution < -0.4 is 10.6 Å². The van der Waals surface area contributed by atoms with Crippen molar-refractivity contribution in [2.45, 2.75) is 0 Å².